The molecule has 3 aromatic rings. The second-order valence-electron chi connectivity index (χ2n) is 10.0. The number of carbonyl (C=O) groups is 3. The summed E-state index contributed by atoms with van der Waals surface area (Å²) in [5.74, 6) is -0.726. The fraction of sp³-hybridized carbons (Fsp3) is 0.344. The van der Waals surface area contributed by atoms with Crippen LogP contribution < -0.4 is 0 Å². The van der Waals surface area contributed by atoms with Gasteiger partial charge in [0.15, 0.2) is 0 Å². The molecule has 1 aliphatic rings. The molecule has 1 heterocycles. The fourth-order valence-corrected chi connectivity index (χ4v) is 4.77. The summed E-state index contributed by atoms with van der Waals surface area (Å²) in [6, 6.07) is 26.4. The van der Waals surface area contributed by atoms with Crippen molar-refractivity contribution >= 4 is 17.9 Å². The van der Waals surface area contributed by atoms with Crippen LogP contribution in [0.2, 0.25) is 0 Å². The Morgan fingerprint density at radius 2 is 1.26 bits per heavy atom. The van der Waals surface area contributed by atoms with E-state index >= 15 is 0 Å². The molecule has 0 aliphatic carbocycles. The quantitative estimate of drug-likeness (QED) is 0.188. The summed E-state index contributed by atoms with van der Waals surface area (Å²) in [5.41, 5.74) is 2.92. The van der Waals surface area contributed by atoms with E-state index in [-0.39, 0.29) is 64.4 Å². The normalized spacial score (nSPS) is 13.4. The summed E-state index contributed by atoms with van der Waals surface area (Å²) in [5, 5.41) is 9.52. The third-order valence-corrected chi connectivity index (χ3v) is 6.87. The molecule has 0 fully saturated rings. The molecular formula is C32H36FN3O6. The number of fused-ring (bicyclic) bond motifs is 1. The SMILES string of the molecule is O=C(O)N(CCOCCN1C(=O)c2ccccc2C1=O)CCOCC(F)CN(Cc1ccccc1)Cc1ccccc1. The van der Waals surface area contributed by atoms with Gasteiger partial charge in [0.05, 0.1) is 44.1 Å². The molecule has 1 unspecified atom stereocenters. The van der Waals surface area contributed by atoms with E-state index in [0.717, 1.165) is 20.9 Å². The number of alkyl halides is 1. The first-order chi connectivity index (χ1) is 20.4. The van der Waals surface area contributed by atoms with Crippen molar-refractivity contribution in [3.63, 3.8) is 0 Å². The van der Waals surface area contributed by atoms with Crippen molar-refractivity contribution in [1.82, 2.24) is 14.7 Å². The zero-order valence-electron chi connectivity index (χ0n) is 23.4. The Morgan fingerprint density at radius 3 is 1.79 bits per heavy atom. The van der Waals surface area contributed by atoms with Crippen molar-refractivity contribution < 1.29 is 33.4 Å². The van der Waals surface area contributed by atoms with Crippen molar-refractivity contribution in [2.45, 2.75) is 19.3 Å². The minimum Gasteiger partial charge on any atom is -0.465 e. The predicted octanol–water partition coefficient (Wildman–Crippen LogP) is 4.34. The van der Waals surface area contributed by atoms with E-state index in [0.29, 0.717) is 24.2 Å². The lowest BCUT2D eigenvalue weighted by atomic mass is 10.1. The molecule has 0 aromatic heterocycles. The zero-order chi connectivity index (χ0) is 29.7. The highest BCUT2D eigenvalue weighted by atomic mass is 19.1. The van der Waals surface area contributed by atoms with Gasteiger partial charge in [-0.05, 0) is 23.3 Å². The Kier molecular flexibility index (Phi) is 11.6. The number of hydrogen-bond acceptors (Lipinski definition) is 6. The molecule has 42 heavy (non-hydrogen) atoms. The molecule has 4 rings (SSSR count). The number of rotatable bonds is 17. The second kappa shape index (κ2) is 15.8. The first-order valence-electron chi connectivity index (χ1n) is 13.9. The largest absolute Gasteiger partial charge is 0.465 e. The maximum absolute atomic E-state index is 14.9. The van der Waals surface area contributed by atoms with E-state index in [1.165, 1.54) is 0 Å². The highest BCUT2D eigenvalue weighted by Crippen LogP contribution is 2.22. The summed E-state index contributed by atoms with van der Waals surface area (Å²) in [6.45, 7) is 1.62. The van der Waals surface area contributed by atoms with E-state index in [4.69, 9.17) is 9.47 Å². The molecule has 9 nitrogen and oxygen atoms in total. The van der Waals surface area contributed by atoms with Gasteiger partial charge in [0.2, 0.25) is 0 Å². The Balaban J connectivity index is 1.14. The first kappa shape index (κ1) is 30.8. The van der Waals surface area contributed by atoms with E-state index in [1.807, 2.05) is 65.6 Å². The molecule has 0 saturated carbocycles. The average Bonchev–Trinajstić information content (AvgIpc) is 3.23. The molecule has 0 spiro atoms. The van der Waals surface area contributed by atoms with Gasteiger partial charge in [-0.25, -0.2) is 9.18 Å². The van der Waals surface area contributed by atoms with Crippen molar-refractivity contribution in [3.05, 3.63) is 107 Å². The number of carboxylic acid groups (broad SMARTS) is 1. The van der Waals surface area contributed by atoms with Gasteiger partial charge in [-0.3, -0.25) is 19.4 Å². The van der Waals surface area contributed by atoms with Crippen LogP contribution in [0.15, 0.2) is 84.9 Å². The van der Waals surface area contributed by atoms with Gasteiger partial charge in [0, 0.05) is 32.7 Å². The molecule has 0 bridgehead atoms. The van der Waals surface area contributed by atoms with Crippen molar-refractivity contribution in [3.8, 4) is 0 Å². The Bertz CT molecular complexity index is 1230. The molecule has 1 atom stereocenters. The van der Waals surface area contributed by atoms with Crippen molar-refractivity contribution in [2.75, 3.05) is 52.6 Å². The van der Waals surface area contributed by atoms with E-state index in [9.17, 15) is 23.9 Å². The molecule has 3 aromatic carbocycles. The van der Waals surface area contributed by atoms with Crippen LogP contribution in [0.1, 0.15) is 31.8 Å². The zero-order valence-corrected chi connectivity index (χ0v) is 23.4. The lowest BCUT2D eigenvalue weighted by Crippen LogP contribution is -2.37. The van der Waals surface area contributed by atoms with Crippen molar-refractivity contribution in [2.24, 2.45) is 0 Å². The highest BCUT2D eigenvalue weighted by molar-refractivity contribution is 6.21. The van der Waals surface area contributed by atoms with Crippen LogP contribution >= 0.6 is 0 Å². The maximum Gasteiger partial charge on any atom is 0.407 e. The molecule has 1 N–H and O–H groups in total. The van der Waals surface area contributed by atoms with Gasteiger partial charge in [-0.1, -0.05) is 72.8 Å². The Labute approximate surface area is 245 Å². The van der Waals surface area contributed by atoms with Gasteiger partial charge in [0.1, 0.15) is 6.17 Å². The Morgan fingerprint density at radius 1 is 0.762 bits per heavy atom. The first-order valence-corrected chi connectivity index (χ1v) is 13.9. The third kappa shape index (κ3) is 8.94. The van der Waals surface area contributed by atoms with Gasteiger partial charge in [0.25, 0.3) is 11.8 Å². The van der Waals surface area contributed by atoms with Gasteiger partial charge < -0.3 is 19.5 Å². The summed E-state index contributed by atoms with van der Waals surface area (Å²) < 4.78 is 25.9. The molecule has 0 saturated heterocycles. The Hall–Kier alpha value is -4.12. The van der Waals surface area contributed by atoms with E-state index < -0.39 is 12.3 Å². The van der Waals surface area contributed by atoms with Crippen LogP contribution in [0, 0.1) is 0 Å². The number of amides is 3. The van der Waals surface area contributed by atoms with Crippen molar-refractivity contribution in [1.29, 1.82) is 0 Å². The number of benzene rings is 3. The van der Waals surface area contributed by atoms with Crippen LogP contribution in [-0.4, -0.2) is 96.5 Å². The smallest absolute Gasteiger partial charge is 0.407 e. The number of imide groups is 1. The molecule has 10 heteroatoms. The van der Waals surface area contributed by atoms with Crippen LogP contribution in [0.3, 0.4) is 0 Å². The predicted molar refractivity (Wildman–Crippen MR) is 155 cm³/mol. The monoisotopic (exact) mass is 577 g/mol. The molecule has 222 valence electrons. The third-order valence-electron chi connectivity index (χ3n) is 6.87. The van der Waals surface area contributed by atoms with Gasteiger partial charge >= 0.3 is 6.09 Å². The van der Waals surface area contributed by atoms with Gasteiger partial charge in [-0.15, -0.1) is 0 Å². The van der Waals surface area contributed by atoms with Crippen LogP contribution in [0.5, 0.6) is 0 Å². The summed E-state index contributed by atoms with van der Waals surface area (Å²) >= 11 is 0. The minimum absolute atomic E-state index is 0.0408. The summed E-state index contributed by atoms with van der Waals surface area (Å²) in [6.07, 6.45) is -2.39. The van der Waals surface area contributed by atoms with E-state index in [2.05, 4.69) is 0 Å². The van der Waals surface area contributed by atoms with Crippen LogP contribution in [-0.2, 0) is 22.6 Å². The molecule has 1 aliphatic heterocycles. The second-order valence-corrected chi connectivity index (χ2v) is 10.0. The molecule has 3 amide bonds. The maximum atomic E-state index is 14.9. The summed E-state index contributed by atoms with van der Waals surface area (Å²) in [4.78, 5) is 40.7. The number of ether oxygens (including phenoxy) is 2. The molecular weight excluding hydrogens is 541 g/mol. The minimum atomic E-state index is -1.25. The molecule has 0 radical (unpaired) electrons. The summed E-state index contributed by atoms with van der Waals surface area (Å²) in [7, 11) is 0. The van der Waals surface area contributed by atoms with Crippen LogP contribution in [0.25, 0.3) is 0 Å². The highest BCUT2D eigenvalue weighted by Gasteiger charge is 2.34. The fourth-order valence-electron chi connectivity index (χ4n) is 4.77. The number of halogens is 1. The van der Waals surface area contributed by atoms with Crippen LogP contribution in [0.4, 0.5) is 9.18 Å². The van der Waals surface area contributed by atoms with E-state index in [1.54, 1.807) is 24.3 Å². The standard InChI is InChI=1S/C32H36FN3O6/c33-27(23-34(21-25-9-3-1-4-10-25)22-26-11-5-2-6-12-26)24-42-19-16-35(32(39)40)15-18-41-20-17-36-30(37)28-13-7-8-14-29(28)31(36)38/h1-14,27H,15-24H2,(H,39,40). The number of hydrogen-bond donors (Lipinski definition) is 1. The lowest BCUT2D eigenvalue weighted by molar-refractivity contribution is 0.0373. The number of nitrogens with zero attached hydrogens (tertiary/aromatic N) is 3. The topological polar surface area (TPSA) is 99.6 Å². The van der Waals surface area contributed by atoms with Gasteiger partial charge in [-0.2, -0.15) is 0 Å². The average molecular weight is 578 g/mol. The number of carbonyl (C=O) groups excluding carboxylic acids is 2. The lowest BCUT2D eigenvalue weighted by Gasteiger charge is -2.25.